The van der Waals surface area contributed by atoms with Gasteiger partial charge in [-0.15, -0.1) is 4.52 Å². The number of nitrogens with one attached hydrogen (secondary N) is 1. The lowest BCUT2D eigenvalue weighted by Crippen LogP contribution is -2.67. The van der Waals surface area contributed by atoms with Crippen LogP contribution in [0.5, 0.6) is 0 Å². The predicted octanol–water partition coefficient (Wildman–Crippen LogP) is 7.46. The van der Waals surface area contributed by atoms with E-state index in [1.54, 1.807) is 6.08 Å². The highest BCUT2D eigenvalue weighted by Gasteiger charge is 2.60. The van der Waals surface area contributed by atoms with Crippen LogP contribution in [0.1, 0.15) is 160 Å². The number of hydrogen-bond acceptors (Lipinski definition) is 16. The second-order valence-corrected chi connectivity index (χ2v) is 21.8. The van der Waals surface area contributed by atoms with E-state index in [0.29, 0.717) is 6.42 Å². The van der Waals surface area contributed by atoms with E-state index in [4.69, 9.17) is 46.3 Å². The molecule has 0 aliphatic carbocycles. The lowest BCUT2D eigenvalue weighted by molar-refractivity contribution is -0.662. The molecule has 8 atom stereocenters. The standard InChI is InChI=1S/C51H86N3O16P2/c1-35(2)20-14-21-36(3)22-15-23-37(4)24-16-25-38(5)26-17-27-39(6)28-18-29-40(7)30-19-31-41(8)32-33-63-71(59,68-52)70-72(60,69-53)67-51-47(54-43(10)55)49(64-42(9)50(58)61-13)48(65-45(12)57)46(66-51)34-62-44(11)56/h20,22,24,26,28,30,32,42,46-49,51H,14-19,21,23,25,27,29,31,33-34H2,1-13,52-53H3/q+1/p+1/b36-22+,37-24+,38-26-,39-28-,40-30-,41-32-/t42-,46+,47+,48+,49+,51+,71?,72?/m0/s1. The van der Waals surface area contributed by atoms with Crippen LogP contribution in [-0.2, 0) is 65.5 Å². The number of quaternary nitrogens is 2. The number of esters is 3. The zero-order valence-corrected chi connectivity index (χ0v) is 47.0. The van der Waals surface area contributed by atoms with Crippen LogP contribution >= 0.6 is 16.3 Å². The second-order valence-electron chi connectivity index (χ2n) is 18.4. The maximum absolute atomic E-state index is 14.0. The van der Waals surface area contributed by atoms with E-state index < -0.39 is 83.5 Å². The molecular weight excluding hydrogens is 973 g/mol. The Morgan fingerprint density at radius 2 is 1.06 bits per heavy atom. The van der Waals surface area contributed by atoms with Gasteiger partial charge in [-0.25, -0.2) is 4.79 Å². The summed E-state index contributed by atoms with van der Waals surface area (Å²) in [7, 11) is -8.89. The normalized spacial score (nSPS) is 21.5. The highest BCUT2D eigenvalue weighted by molar-refractivity contribution is 7.67. The Kier molecular flexibility index (Phi) is 32.9. The molecule has 72 heavy (non-hydrogen) atoms. The van der Waals surface area contributed by atoms with Gasteiger partial charge in [-0.3, -0.25) is 14.4 Å². The number of carbonyl (C=O) groups excluding carboxylic acids is 4. The molecule has 1 fully saturated rings. The summed E-state index contributed by atoms with van der Waals surface area (Å²) < 4.78 is 52.8. The van der Waals surface area contributed by atoms with Crippen molar-refractivity contribution in [2.45, 2.75) is 197 Å². The quantitative estimate of drug-likeness (QED) is 0.0185. The van der Waals surface area contributed by atoms with Gasteiger partial charge in [-0.1, -0.05) is 81.5 Å². The highest BCUT2D eigenvalue weighted by atomic mass is 31.3. The van der Waals surface area contributed by atoms with Crippen LogP contribution in [0.2, 0.25) is 0 Å². The average Bonchev–Trinajstić information content (AvgIpc) is 3.29. The lowest BCUT2D eigenvalue weighted by atomic mass is 9.96. The van der Waals surface area contributed by atoms with Gasteiger partial charge < -0.3 is 38.8 Å². The number of carbonyl (C=O) groups is 4. The maximum atomic E-state index is 14.0. The summed E-state index contributed by atoms with van der Waals surface area (Å²) in [5.74, 6) is 3.11. The average molecular weight is 1060 g/mol. The van der Waals surface area contributed by atoms with Gasteiger partial charge in [0.05, 0.1) is 7.11 Å². The predicted molar refractivity (Wildman–Crippen MR) is 272 cm³/mol. The summed E-state index contributed by atoms with van der Waals surface area (Å²) in [4.78, 5) is 76.5. The fourth-order valence-electron chi connectivity index (χ4n) is 7.28. The van der Waals surface area contributed by atoms with Crippen molar-refractivity contribution in [3.8, 4) is 0 Å². The van der Waals surface area contributed by atoms with Gasteiger partial charge in [0.15, 0.2) is 12.2 Å². The van der Waals surface area contributed by atoms with Crippen LogP contribution in [-0.4, -0.2) is 80.9 Å². The molecule has 0 aromatic heterocycles. The fourth-order valence-corrected chi connectivity index (χ4v) is 9.81. The number of phosphoric acid groups is 2. The van der Waals surface area contributed by atoms with E-state index >= 15 is 0 Å². The third kappa shape index (κ3) is 28.8. The van der Waals surface area contributed by atoms with Crippen molar-refractivity contribution >= 4 is 40.2 Å². The number of ether oxygens (including phenoxy) is 5. The Bertz CT molecular complexity index is 1930. The minimum atomic E-state index is -5.16. The molecule has 21 heteroatoms. The molecule has 1 rings (SSSR count). The van der Waals surface area contributed by atoms with Crippen molar-refractivity contribution in [3.05, 3.63) is 81.5 Å². The molecule has 2 unspecified atom stereocenters. The minimum absolute atomic E-state index is 0.326. The van der Waals surface area contributed by atoms with Crippen molar-refractivity contribution < 1.29 is 87.1 Å². The SMILES string of the molecule is COC(=O)[C@H](C)O[C@@H]1[C@@H](NC(C)=O)[C@@H](O[P+]([O-])(O[NH3+])O[P+]([O-])(O[NH3+])OC/C=C(/C)CC/C=C(/C)CC/C=C(/C)CC/C=C(/C)CC/C=C(\C)CC/C=C(\C)CCC=C(C)C)O[C@H](COC(C)=O)[C@H]1OC(C)=O. The van der Waals surface area contributed by atoms with E-state index in [9.17, 15) is 29.0 Å². The Hall–Kier alpha value is -3.52. The van der Waals surface area contributed by atoms with E-state index in [1.165, 1.54) is 40.4 Å². The monoisotopic (exact) mass is 1060 g/mol. The van der Waals surface area contributed by atoms with Gasteiger partial charge >= 0.3 is 34.2 Å². The molecule has 1 aliphatic heterocycles. The van der Waals surface area contributed by atoms with Crippen molar-refractivity contribution in [2.75, 3.05) is 20.3 Å². The topological polar surface area (TPSA) is 274 Å². The Morgan fingerprint density at radius 3 is 1.43 bits per heavy atom. The molecule has 0 aromatic rings. The molecule has 410 valence electrons. The molecule has 0 bridgehead atoms. The van der Waals surface area contributed by atoms with E-state index in [2.05, 4.69) is 102 Å². The van der Waals surface area contributed by atoms with E-state index in [1.807, 2.05) is 6.92 Å². The van der Waals surface area contributed by atoms with Crippen LogP contribution in [0.25, 0.3) is 0 Å². The minimum Gasteiger partial charge on any atom is -0.598 e. The zero-order chi connectivity index (χ0) is 54.4. The zero-order valence-electron chi connectivity index (χ0n) is 45.2. The van der Waals surface area contributed by atoms with Crippen molar-refractivity contribution in [1.29, 1.82) is 0 Å². The third-order valence-electron chi connectivity index (χ3n) is 11.3. The summed E-state index contributed by atoms with van der Waals surface area (Å²) in [5.41, 5.74) is 9.28. The molecule has 1 saturated heterocycles. The first-order valence-electron chi connectivity index (χ1n) is 24.5. The first kappa shape index (κ1) is 66.5. The van der Waals surface area contributed by atoms with E-state index in [-0.39, 0.29) is 6.61 Å². The summed E-state index contributed by atoms with van der Waals surface area (Å²) in [6.45, 7) is 20.9. The van der Waals surface area contributed by atoms with E-state index in [0.717, 1.165) is 104 Å². The largest absolute Gasteiger partial charge is 0.598 e. The summed E-state index contributed by atoms with van der Waals surface area (Å²) in [6, 6.07) is -1.56. The molecule has 1 amide bonds. The van der Waals surface area contributed by atoms with Crippen LogP contribution in [0, 0.1) is 0 Å². The summed E-state index contributed by atoms with van der Waals surface area (Å²) in [6.07, 6.45) is 19.9. The van der Waals surface area contributed by atoms with Gasteiger partial charge in [-0.05, 0) is 139 Å². The number of hydrogen-bond donors (Lipinski definition) is 3. The van der Waals surface area contributed by atoms with Crippen molar-refractivity contribution in [3.63, 3.8) is 0 Å². The Balaban J connectivity index is 2.83. The van der Waals surface area contributed by atoms with Gasteiger partial charge in [0, 0.05) is 34.3 Å². The number of amides is 1. The van der Waals surface area contributed by atoms with Crippen LogP contribution in [0.4, 0.5) is 0 Å². The lowest BCUT2D eigenvalue weighted by Gasteiger charge is -2.45. The van der Waals surface area contributed by atoms with Gasteiger partial charge in [0.25, 0.3) is 0 Å². The van der Waals surface area contributed by atoms with Crippen molar-refractivity contribution in [2.24, 2.45) is 0 Å². The number of methoxy groups -OCH3 is 1. The number of allylic oxidation sites excluding steroid dienone is 13. The highest BCUT2D eigenvalue weighted by Crippen LogP contribution is 2.69. The molecule has 1 heterocycles. The van der Waals surface area contributed by atoms with Crippen LogP contribution in [0.3, 0.4) is 0 Å². The van der Waals surface area contributed by atoms with Crippen LogP contribution in [0.15, 0.2) is 81.5 Å². The summed E-state index contributed by atoms with van der Waals surface area (Å²) in [5, 5.41) is 2.49. The molecule has 7 N–H and O–H groups in total. The first-order chi connectivity index (χ1) is 33.9. The van der Waals surface area contributed by atoms with Gasteiger partial charge in [0.1, 0.15) is 31.5 Å². The maximum Gasteiger partial charge on any atom is 0.505 e. The van der Waals surface area contributed by atoms with Crippen molar-refractivity contribution in [1.82, 2.24) is 5.32 Å². The second kappa shape index (κ2) is 35.6. The molecular formula is C51H87N3O16P2+2. The smallest absolute Gasteiger partial charge is 0.505 e. The first-order valence-corrected chi connectivity index (χ1v) is 27.4. The molecule has 0 spiro atoms. The van der Waals surface area contributed by atoms with Gasteiger partial charge in [0.2, 0.25) is 12.2 Å². The fraction of sp³-hybridized carbons (Fsp3) is 0.647. The Labute approximate surface area is 430 Å². The van der Waals surface area contributed by atoms with Gasteiger partial charge in [-0.2, -0.15) is 16.3 Å². The number of rotatable bonds is 34. The molecule has 0 saturated carbocycles. The summed E-state index contributed by atoms with van der Waals surface area (Å²) >= 11 is 0. The molecule has 1 aliphatic rings. The molecule has 0 aromatic carbocycles. The third-order valence-corrected chi connectivity index (χ3v) is 14.5. The molecule has 0 radical (unpaired) electrons. The molecule has 19 nitrogen and oxygen atoms in total. The Morgan fingerprint density at radius 1 is 0.625 bits per heavy atom. The van der Waals surface area contributed by atoms with Crippen LogP contribution < -0.4 is 26.9 Å².